The average molecular weight is 474 g/mol. The number of nitriles is 1. The van der Waals surface area contributed by atoms with E-state index in [9.17, 15) is 27.3 Å². The van der Waals surface area contributed by atoms with Gasteiger partial charge in [0.2, 0.25) is 15.9 Å². The van der Waals surface area contributed by atoms with E-state index in [1.165, 1.54) is 18.2 Å². The highest BCUT2D eigenvalue weighted by atomic mass is 32.2. The second kappa shape index (κ2) is 8.84. The zero-order valence-corrected chi connectivity index (χ0v) is 19.0. The SMILES string of the molecule is CS(=O)(=O)N[C@H]1CCCN(C(=O)[C@]2(C#N)C[C@H]2c2ccccc2-c2c(F)cccc2F)CC1. The number of carbonyl (C=O) groups excluding carboxylic acids is 1. The molecule has 2 aromatic carbocycles. The molecule has 9 heteroatoms. The second-order valence-corrected chi connectivity index (χ2v) is 10.6. The molecule has 6 nitrogen and oxygen atoms in total. The van der Waals surface area contributed by atoms with Gasteiger partial charge in [-0.3, -0.25) is 4.79 Å². The summed E-state index contributed by atoms with van der Waals surface area (Å²) in [6.07, 6.45) is 3.06. The molecule has 1 saturated heterocycles. The summed E-state index contributed by atoms with van der Waals surface area (Å²) in [5.74, 6) is -2.18. The Morgan fingerprint density at radius 2 is 1.82 bits per heavy atom. The Morgan fingerprint density at radius 3 is 2.48 bits per heavy atom. The molecule has 174 valence electrons. The van der Waals surface area contributed by atoms with Crippen LogP contribution >= 0.6 is 0 Å². The van der Waals surface area contributed by atoms with E-state index in [0.717, 1.165) is 6.26 Å². The molecule has 2 fully saturated rings. The Morgan fingerprint density at radius 1 is 1.12 bits per heavy atom. The fraction of sp³-hybridized carbons (Fsp3) is 0.417. The smallest absolute Gasteiger partial charge is 0.243 e. The molecule has 0 bridgehead atoms. The Bertz CT molecular complexity index is 1210. The number of hydrogen-bond acceptors (Lipinski definition) is 4. The van der Waals surface area contributed by atoms with Crippen molar-refractivity contribution in [2.75, 3.05) is 19.3 Å². The van der Waals surface area contributed by atoms with Crippen LogP contribution in [0.25, 0.3) is 11.1 Å². The van der Waals surface area contributed by atoms with Gasteiger partial charge in [0.25, 0.3) is 0 Å². The molecule has 1 N–H and O–H groups in total. The molecular weight excluding hydrogens is 448 g/mol. The van der Waals surface area contributed by atoms with Crippen LogP contribution in [0.2, 0.25) is 0 Å². The van der Waals surface area contributed by atoms with Crippen LogP contribution in [-0.4, -0.2) is 44.6 Å². The van der Waals surface area contributed by atoms with Crippen LogP contribution in [0.1, 0.15) is 37.2 Å². The second-order valence-electron chi connectivity index (χ2n) is 8.83. The van der Waals surface area contributed by atoms with Crippen molar-refractivity contribution in [3.8, 4) is 17.2 Å². The topological polar surface area (TPSA) is 90.3 Å². The third-order valence-corrected chi connectivity index (χ3v) is 7.27. The fourth-order valence-corrected chi connectivity index (χ4v) is 5.67. The fourth-order valence-electron chi connectivity index (χ4n) is 4.83. The summed E-state index contributed by atoms with van der Waals surface area (Å²) in [6, 6.07) is 12.3. The van der Waals surface area contributed by atoms with E-state index in [2.05, 4.69) is 10.8 Å². The van der Waals surface area contributed by atoms with Crippen molar-refractivity contribution < 1.29 is 22.0 Å². The van der Waals surface area contributed by atoms with E-state index < -0.39 is 33.0 Å². The third kappa shape index (κ3) is 4.63. The Balaban J connectivity index is 1.58. The standard InChI is InChI=1S/C24H25F2N3O3S/c1-33(31,32)28-16-6-5-12-29(13-11-16)23(30)24(15-27)14-19(24)17-7-2-3-8-18(17)22-20(25)9-4-10-21(22)26/h2-4,7-10,16,19,28H,5-6,11-14H2,1H3/t16-,19-,24-/m0/s1. The number of sulfonamides is 1. The van der Waals surface area contributed by atoms with Crippen LogP contribution in [0.5, 0.6) is 0 Å². The number of hydrogen-bond donors (Lipinski definition) is 1. The van der Waals surface area contributed by atoms with Crippen LogP contribution in [0.15, 0.2) is 42.5 Å². The minimum Gasteiger partial charge on any atom is -0.341 e. The largest absolute Gasteiger partial charge is 0.341 e. The summed E-state index contributed by atoms with van der Waals surface area (Å²) in [5, 5.41) is 10.00. The van der Waals surface area contributed by atoms with Crippen molar-refractivity contribution in [3.63, 3.8) is 0 Å². The summed E-state index contributed by atoms with van der Waals surface area (Å²) < 4.78 is 54.7. The molecule has 0 radical (unpaired) electrons. The minimum absolute atomic E-state index is 0.163. The molecule has 0 aromatic heterocycles. The molecule has 0 spiro atoms. The van der Waals surface area contributed by atoms with Gasteiger partial charge in [-0.15, -0.1) is 0 Å². The molecule has 33 heavy (non-hydrogen) atoms. The van der Waals surface area contributed by atoms with E-state index in [1.54, 1.807) is 29.2 Å². The molecule has 1 heterocycles. The highest BCUT2D eigenvalue weighted by Crippen LogP contribution is 2.61. The van der Waals surface area contributed by atoms with E-state index in [1.807, 2.05) is 0 Å². The first-order chi connectivity index (χ1) is 15.7. The lowest BCUT2D eigenvalue weighted by Gasteiger charge is -2.24. The molecule has 2 aliphatic rings. The van der Waals surface area contributed by atoms with Crippen molar-refractivity contribution in [2.24, 2.45) is 5.41 Å². The lowest BCUT2D eigenvalue weighted by molar-refractivity contribution is -0.135. The molecule has 1 aliphatic heterocycles. The van der Waals surface area contributed by atoms with Crippen LogP contribution in [0.3, 0.4) is 0 Å². The predicted molar refractivity (Wildman–Crippen MR) is 119 cm³/mol. The zero-order valence-electron chi connectivity index (χ0n) is 18.2. The number of likely N-dealkylation sites (tertiary alicyclic amines) is 1. The quantitative estimate of drug-likeness (QED) is 0.719. The van der Waals surface area contributed by atoms with E-state index in [0.29, 0.717) is 43.5 Å². The number of rotatable bonds is 5. The van der Waals surface area contributed by atoms with Gasteiger partial charge in [-0.05, 0) is 48.9 Å². The summed E-state index contributed by atoms with van der Waals surface area (Å²) >= 11 is 0. The molecule has 1 aliphatic carbocycles. The number of nitrogens with one attached hydrogen (secondary N) is 1. The predicted octanol–water partition coefficient (Wildman–Crippen LogP) is 3.56. The minimum atomic E-state index is -3.35. The molecular formula is C24H25F2N3O3S. The summed E-state index contributed by atoms with van der Waals surface area (Å²) in [5.41, 5.74) is -0.537. The van der Waals surface area contributed by atoms with Gasteiger partial charge in [-0.1, -0.05) is 30.3 Å². The van der Waals surface area contributed by atoms with Gasteiger partial charge in [0.05, 0.1) is 17.9 Å². The Labute approximate surface area is 192 Å². The summed E-state index contributed by atoms with van der Waals surface area (Å²) in [7, 11) is -3.35. The number of nitrogens with zero attached hydrogens (tertiary/aromatic N) is 2. The lowest BCUT2D eigenvalue weighted by Crippen LogP contribution is -2.39. The zero-order chi connectivity index (χ0) is 23.8. The van der Waals surface area contributed by atoms with Crippen molar-refractivity contribution in [3.05, 3.63) is 59.7 Å². The summed E-state index contributed by atoms with van der Waals surface area (Å²) in [4.78, 5) is 15.1. The maximum Gasteiger partial charge on any atom is 0.243 e. The number of carbonyl (C=O) groups is 1. The van der Waals surface area contributed by atoms with E-state index in [4.69, 9.17) is 0 Å². The van der Waals surface area contributed by atoms with Crippen molar-refractivity contribution in [1.82, 2.24) is 9.62 Å². The van der Waals surface area contributed by atoms with Crippen molar-refractivity contribution in [2.45, 2.75) is 37.6 Å². The van der Waals surface area contributed by atoms with Gasteiger partial charge < -0.3 is 4.90 Å². The van der Waals surface area contributed by atoms with E-state index >= 15 is 0 Å². The maximum atomic E-state index is 14.5. The molecule has 1 amide bonds. The van der Waals surface area contributed by atoms with Crippen molar-refractivity contribution in [1.29, 1.82) is 5.26 Å². The van der Waals surface area contributed by atoms with Crippen LogP contribution < -0.4 is 4.72 Å². The highest BCUT2D eigenvalue weighted by Gasteiger charge is 2.63. The first-order valence-electron chi connectivity index (χ1n) is 10.9. The number of halogens is 2. The first kappa shape index (κ1) is 23.3. The molecule has 2 aromatic rings. The van der Waals surface area contributed by atoms with Gasteiger partial charge >= 0.3 is 0 Å². The van der Waals surface area contributed by atoms with Gasteiger partial charge in [0.1, 0.15) is 17.0 Å². The average Bonchev–Trinajstić information content (AvgIpc) is 3.53. The monoisotopic (exact) mass is 473 g/mol. The normalized spacial score (nSPS) is 25.2. The van der Waals surface area contributed by atoms with E-state index in [-0.39, 0.29) is 23.9 Å². The highest BCUT2D eigenvalue weighted by molar-refractivity contribution is 7.88. The maximum absolute atomic E-state index is 14.5. The van der Waals surface area contributed by atoms with Gasteiger partial charge in [0, 0.05) is 25.0 Å². The van der Waals surface area contributed by atoms with Crippen molar-refractivity contribution >= 4 is 15.9 Å². The Kier molecular flexibility index (Phi) is 6.25. The first-order valence-corrected chi connectivity index (χ1v) is 12.8. The van der Waals surface area contributed by atoms with Gasteiger partial charge in [-0.2, -0.15) is 5.26 Å². The lowest BCUT2D eigenvalue weighted by atomic mass is 9.91. The van der Waals surface area contributed by atoms with Crippen LogP contribution in [0, 0.1) is 28.4 Å². The molecule has 4 rings (SSSR count). The third-order valence-electron chi connectivity index (χ3n) is 6.51. The molecule has 0 unspecified atom stereocenters. The Hall–Kier alpha value is -2.83. The number of benzene rings is 2. The van der Waals surface area contributed by atoms with Crippen LogP contribution in [0.4, 0.5) is 8.78 Å². The molecule has 3 atom stereocenters. The number of amides is 1. The van der Waals surface area contributed by atoms with Gasteiger partial charge in [0.15, 0.2) is 0 Å². The molecule has 1 saturated carbocycles. The summed E-state index contributed by atoms with van der Waals surface area (Å²) in [6.45, 7) is 0.770. The van der Waals surface area contributed by atoms with Crippen LogP contribution in [-0.2, 0) is 14.8 Å². The van der Waals surface area contributed by atoms with Gasteiger partial charge in [-0.25, -0.2) is 21.9 Å².